The first-order chi connectivity index (χ1) is 15.7. The van der Waals surface area contributed by atoms with E-state index < -0.39 is 28.5 Å². The van der Waals surface area contributed by atoms with Gasteiger partial charge in [0.15, 0.2) is 0 Å². The van der Waals surface area contributed by atoms with Crippen LogP contribution >= 0.6 is 11.6 Å². The molecule has 178 valence electrons. The maximum absolute atomic E-state index is 13.3. The number of hydrogen-bond acceptors (Lipinski definition) is 4. The van der Waals surface area contributed by atoms with Crippen LogP contribution in [0.3, 0.4) is 0 Å². The topological polar surface area (TPSA) is 86.8 Å². The van der Waals surface area contributed by atoms with Crippen LogP contribution in [0.25, 0.3) is 0 Å². The van der Waals surface area contributed by atoms with Crippen molar-refractivity contribution in [2.75, 3.05) is 13.6 Å². The lowest BCUT2D eigenvalue weighted by atomic mass is 10.1. The normalized spacial score (nSPS) is 15.4. The zero-order valence-electron chi connectivity index (χ0n) is 18.9. The van der Waals surface area contributed by atoms with Gasteiger partial charge in [0.2, 0.25) is 21.8 Å². The number of carbonyl (C=O) groups is 2. The molecule has 2 aromatic rings. The summed E-state index contributed by atoms with van der Waals surface area (Å²) in [5, 5.41) is 3.46. The highest BCUT2D eigenvalue weighted by atomic mass is 35.5. The Labute approximate surface area is 200 Å². The average molecular weight is 492 g/mol. The molecular formula is C24H30ClN3O4S. The van der Waals surface area contributed by atoms with Crippen molar-refractivity contribution in [1.82, 2.24) is 14.5 Å². The fourth-order valence-electron chi connectivity index (χ4n) is 3.91. The standard InChI is InChI=1S/C24H30ClN3O4S/c1-18(24(30)26-21-10-6-7-11-21)28(16-19-8-4-3-5-9-19)23(29)17-27(2)33(31,32)22-14-12-20(25)13-15-22/h3-5,8-9,12-15,18,21H,6-7,10-11,16-17H2,1-2H3,(H,26,30)/t18-/m0/s1. The maximum atomic E-state index is 13.3. The molecular weight excluding hydrogens is 462 g/mol. The Hall–Kier alpha value is -2.42. The zero-order chi connectivity index (χ0) is 24.0. The summed E-state index contributed by atoms with van der Waals surface area (Å²) in [6.45, 7) is 1.49. The van der Waals surface area contributed by atoms with Gasteiger partial charge in [-0.2, -0.15) is 4.31 Å². The van der Waals surface area contributed by atoms with E-state index in [1.54, 1.807) is 6.92 Å². The van der Waals surface area contributed by atoms with Gasteiger partial charge in [-0.15, -0.1) is 0 Å². The number of benzene rings is 2. The number of rotatable bonds is 9. The van der Waals surface area contributed by atoms with Gasteiger partial charge in [-0.05, 0) is 49.6 Å². The van der Waals surface area contributed by atoms with Crippen LogP contribution in [0.5, 0.6) is 0 Å². The Morgan fingerprint density at radius 1 is 1.06 bits per heavy atom. The van der Waals surface area contributed by atoms with Gasteiger partial charge in [0, 0.05) is 24.7 Å². The molecule has 0 radical (unpaired) electrons. The second-order valence-electron chi connectivity index (χ2n) is 8.39. The van der Waals surface area contributed by atoms with E-state index in [0.29, 0.717) is 5.02 Å². The van der Waals surface area contributed by atoms with Crippen LogP contribution in [0, 0.1) is 0 Å². The molecule has 0 bridgehead atoms. The van der Waals surface area contributed by atoms with Crippen molar-refractivity contribution >= 4 is 33.4 Å². The quantitative estimate of drug-likeness (QED) is 0.582. The fraction of sp³-hybridized carbons (Fsp3) is 0.417. The monoisotopic (exact) mass is 491 g/mol. The first-order valence-electron chi connectivity index (χ1n) is 11.0. The summed E-state index contributed by atoms with van der Waals surface area (Å²) in [7, 11) is -2.54. The Morgan fingerprint density at radius 2 is 1.67 bits per heavy atom. The fourth-order valence-corrected chi connectivity index (χ4v) is 5.15. The second kappa shape index (κ2) is 11.1. The number of halogens is 1. The minimum atomic E-state index is -3.90. The molecule has 1 fully saturated rings. The van der Waals surface area contributed by atoms with Crippen molar-refractivity contribution in [2.24, 2.45) is 0 Å². The average Bonchev–Trinajstić information content (AvgIpc) is 3.31. The lowest BCUT2D eigenvalue weighted by Crippen LogP contribution is -2.52. The molecule has 9 heteroatoms. The molecule has 7 nitrogen and oxygen atoms in total. The molecule has 0 aliphatic heterocycles. The summed E-state index contributed by atoms with van der Waals surface area (Å²) in [6, 6.07) is 14.5. The number of sulfonamides is 1. The summed E-state index contributed by atoms with van der Waals surface area (Å²) in [5.41, 5.74) is 0.856. The molecule has 2 amide bonds. The highest BCUT2D eigenvalue weighted by molar-refractivity contribution is 7.89. The van der Waals surface area contributed by atoms with Crippen LogP contribution in [0.15, 0.2) is 59.5 Å². The molecule has 1 saturated carbocycles. The first-order valence-corrected chi connectivity index (χ1v) is 12.9. The van der Waals surface area contributed by atoms with E-state index in [0.717, 1.165) is 35.6 Å². The molecule has 1 N–H and O–H groups in total. The van der Waals surface area contributed by atoms with Gasteiger partial charge < -0.3 is 10.2 Å². The lowest BCUT2D eigenvalue weighted by Gasteiger charge is -2.31. The third-order valence-electron chi connectivity index (χ3n) is 5.94. The van der Waals surface area contributed by atoms with E-state index >= 15 is 0 Å². The highest BCUT2D eigenvalue weighted by Gasteiger charge is 2.31. The third-order valence-corrected chi connectivity index (χ3v) is 8.01. The maximum Gasteiger partial charge on any atom is 0.243 e. The van der Waals surface area contributed by atoms with Crippen molar-refractivity contribution < 1.29 is 18.0 Å². The largest absolute Gasteiger partial charge is 0.352 e. The number of amides is 2. The summed E-state index contributed by atoms with van der Waals surface area (Å²) in [5.74, 6) is -0.678. The molecule has 2 aromatic carbocycles. The molecule has 33 heavy (non-hydrogen) atoms. The van der Waals surface area contributed by atoms with Gasteiger partial charge >= 0.3 is 0 Å². The van der Waals surface area contributed by atoms with E-state index in [1.807, 2.05) is 30.3 Å². The highest BCUT2D eigenvalue weighted by Crippen LogP contribution is 2.20. The number of nitrogens with one attached hydrogen (secondary N) is 1. The summed E-state index contributed by atoms with van der Waals surface area (Å²) < 4.78 is 26.9. The van der Waals surface area contributed by atoms with Gasteiger partial charge in [0.1, 0.15) is 6.04 Å². The smallest absolute Gasteiger partial charge is 0.243 e. The van der Waals surface area contributed by atoms with Gasteiger partial charge in [-0.3, -0.25) is 9.59 Å². The molecule has 0 aromatic heterocycles. The molecule has 0 unspecified atom stereocenters. The molecule has 1 aliphatic rings. The van der Waals surface area contributed by atoms with Crippen molar-refractivity contribution in [2.45, 2.75) is 56.1 Å². The van der Waals surface area contributed by atoms with Gasteiger partial charge in [-0.25, -0.2) is 8.42 Å². The van der Waals surface area contributed by atoms with Crippen LogP contribution in [0.4, 0.5) is 0 Å². The zero-order valence-corrected chi connectivity index (χ0v) is 20.5. The third kappa shape index (κ3) is 6.56. The van der Waals surface area contributed by atoms with Crippen molar-refractivity contribution in [3.05, 3.63) is 65.2 Å². The number of carbonyl (C=O) groups excluding carboxylic acids is 2. The van der Waals surface area contributed by atoms with E-state index in [-0.39, 0.29) is 23.4 Å². The Bertz CT molecular complexity index is 1050. The summed E-state index contributed by atoms with van der Waals surface area (Å²) in [6.07, 6.45) is 4.04. The minimum Gasteiger partial charge on any atom is -0.352 e. The molecule has 1 atom stereocenters. The second-order valence-corrected chi connectivity index (χ2v) is 10.9. The van der Waals surface area contributed by atoms with Crippen LogP contribution in [-0.2, 0) is 26.2 Å². The molecule has 3 rings (SSSR count). The predicted octanol–water partition coefficient (Wildman–Crippen LogP) is 3.44. The Morgan fingerprint density at radius 3 is 2.27 bits per heavy atom. The van der Waals surface area contributed by atoms with Crippen molar-refractivity contribution in [1.29, 1.82) is 0 Å². The first kappa shape index (κ1) is 25.2. The van der Waals surface area contributed by atoms with Crippen LogP contribution in [0.1, 0.15) is 38.2 Å². The van der Waals surface area contributed by atoms with E-state index in [9.17, 15) is 18.0 Å². The molecule has 0 heterocycles. The molecule has 1 aliphatic carbocycles. The predicted molar refractivity (Wildman–Crippen MR) is 128 cm³/mol. The lowest BCUT2D eigenvalue weighted by molar-refractivity contribution is -0.140. The van der Waals surface area contributed by atoms with Crippen LogP contribution in [-0.4, -0.2) is 55.1 Å². The Balaban J connectivity index is 1.77. The SMILES string of the molecule is C[C@@H](C(=O)NC1CCCC1)N(Cc1ccccc1)C(=O)CN(C)S(=O)(=O)c1ccc(Cl)cc1. The molecule has 0 spiro atoms. The van der Waals surface area contributed by atoms with Crippen molar-refractivity contribution in [3.63, 3.8) is 0 Å². The summed E-state index contributed by atoms with van der Waals surface area (Å²) >= 11 is 5.86. The number of nitrogens with zero attached hydrogens (tertiary/aromatic N) is 2. The van der Waals surface area contributed by atoms with E-state index in [4.69, 9.17) is 11.6 Å². The van der Waals surface area contributed by atoms with Gasteiger partial charge in [-0.1, -0.05) is 54.8 Å². The van der Waals surface area contributed by atoms with Gasteiger partial charge in [0.05, 0.1) is 11.4 Å². The van der Waals surface area contributed by atoms with E-state index in [2.05, 4.69) is 5.32 Å². The van der Waals surface area contributed by atoms with Crippen molar-refractivity contribution in [3.8, 4) is 0 Å². The molecule has 0 saturated heterocycles. The minimum absolute atomic E-state index is 0.0452. The van der Waals surface area contributed by atoms with E-state index in [1.165, 1.54) is 36.2 Å². The summed E-state index contributed by atoms with van der Waals surface area (Å²) in [4.78, 5) is 27.7. The number of likely N-dealkylation sites (N-methyl/N-ethyl adjacent to an activating group) is 1. The number of hydrogen-bond donors (Lipinski definition) is 1. The van der Waals surface area contributed by atoms with Crippen LogP contribution in [0.2, 0.25) is 5.02 Å². The Kier molecular flexibility index (Phi) is 8.51. The van der Waals surface area contributed by atoms with Crippen LogP contribution < -0.4 is 5.32 Å². The van der Waals surface area contributed by atoms with Gasteiger partial charge in [0.25, 0.3) is 0 Å².